The Morgan fingerprint density at radius 3 is 1.36 bits per heavy atom. The van der Waals surface area contributed by atoms with E-state index in [-0.39, 0.29) is 12.5 Å². The van der Waals surface area contributed by atoms with Crippen molar-refractivity contribution in [2.75, 3.05) is 6.61 Å². The van der Waals surface area contributed by atoms with Crippen molar-refractivity contribution in [3.63, 3.8) is 0 Å². The van der Waals surface area contributed by atoms with E-state index in [1.165, 1.54) is 122 Å². The molecule has 0 aliphatic heterocycles. The number of hydrogen-bond acceptors (Lipinski definition) is 4. The third kappa shape index (κ3) is 32.9. The van der Waals surface area contributed by atoms with Crippen LogP contribution in [0.15, 0.2) is 36.5 Å². The number of amides is 1. The number of carbonyl (C=O) groups is 1. The minimum absolute atomic E-state index is 0.171. The second-order valence-corrected chi connectivity index (χ2v) is 13.8. The van der Waals surface area contributed by atoms with Crippen molar-refractivity contribution in [3.05, 3.63) is 36.5 Å². The monoisotopic (exact) mass is 662 g/mol. The number of unbranched alkanes of at least 4 members (excludes halogenated alkanes) is 22. The lowest BCUT2D eigenvalue weighted by Gasteiger charge is -2.26. The fourth-order valence-corrected chi connectivity index (χ4v) is 5.98. The van der Waals surface area contributed by atoms with Gasteiger partial charge in [-0.05, 0) is 70.6 Å². The number of nitrogens with one attached hydrogen (secondary N) is 1. The number of aliphatic hydroxyl groups is 3. The molecule has 0 aromatic carbocycles. The van der Waals surface area contributed by atoms with Gasteiger partial charge in [0.25, 0.3) is 0 Å². The summed E-state index contributed by atoms with van der Waals surface area (Å²) in [5, 5.41) is 33.3. The lowest BCUT2D eigenvalue weighted by molar-refractivity contribution is -0.124. The van der Waals surface area contributed by atoms with Gasteiger partial charge in [-0.25, -0.2) is 0 Å². The van der Waals surface area contributed by atoms with Crippen molar-refractivity contribution < 1.29 is 20.1 Å². The van der Waals surface area contributed by atoms with Gasteiger partial charge in [0, 0.05) is 6.42 Å². The molecule has 4 N–H and O–H groups in total. The summed E-state index contributed by atoms with van der Waals surface area (Å²) >= 11 is 0. The molecule has 0 aliphatic carbocycles. The molecule has 0 radical (unpaired) electrons. The van der Waals surface area contributed by atoms with E-state index in [1.54, 1.807) is 0 Å². The van der Waals surface area contributed by atoms with Crippen molar-refractivity contribution in [1.29, 1.82) is 0 Å². The summed E-state index contributed by atoms with van der Waals surface area (Å²) in [4.78, 5) is 12.3. The molecule has 1 amide bonds. The Bertz CT molecular complexity index is 734. The molecule has 5 heteroatoms. The van der Waals surface area contributed by atoms with Crippen LogP contribution in [-0.2, 0) is 4.79 Å². The Hall–Kier alpha value is -1.43. The van der Waals surface area contributed by atoms with Crippen molar-refractivity contribution in [2.45, 2.75) is 218 Å². The van der Waals surface area contributed by atoms with E-state index in [0.29, 0.717) is 12.8 Å². The van der Waals surface area contributed by atoms with Gasteiger partial charge < -0.3 is 20.6 Å². The van der Waals surface area contributed by atoms with Crippen molar-refractivity contribution >= 4 is 5.91 Å². The average Bonchev–Trinajstić information content (AvgIpc) is 3.07. The second-order valence-electron chi connectivity index (χ2n) is 13.8. The molecule has 276 valence electrons. The van der Waals surface area contributed by atoms with Crippen LogP contribution in [0.2, 0.25) is 0 Å². The molecule has 0 bridgehead atoms. The zero-order valence-electron chi connectivity index (χ0n) is 31.2. The van der Waals surface area contributed by atoms with Gasteiger partial charge in [-0.1, -0.05) is 159 Å². The van der Waals surface area contributed by atoms with Gasteiger partial charge in [0.05, 0.1) is 18.8 Å². The molecular formula is C42H79NO4. The second kappa shape index (κ2) is 37.4. The van der Waals surface area contributed by atoms with Gasteiger partial charge in [0.2, 0.25) is 5.91 Å². The summed E-state index contributed by atoms with van der Waals surface area (Å²) in [5.74, 6) is -0.171. The van der Waals surface area contributed by atoms with E-state index in [0.717, 1.165) is 51.4 Å². The quantitative estimate of drug-likeness (QED) is 0.0397. The highest BCUT2D eigenvalue weighted by molar-refractivity contribution is 5.76. The lowest BCUT2D eigenvalue weighted by atomic mass is 10.0. The Morgan fingerprint density at radius 1 is 0.511 bits per heavy atom. The summed E-state index contributed by atoms with van der Waals surface area (Å²) in [6, 6.07) is -0.834. The third-order valence-electron chi connectivity index (χ3n) is 9.19. The Morgan fingerprint density at radius 2 is 0.894 bits per heavy atom. The van der Waals surface area contributed by atoms with Crippen molar-refractivity contribution in [2.24, 2.45) is 0 Å². The van der Waals surface area contributed by atoms with E-state index >= 15 is 0 Å². The van der Waals surface area contributed by atoms with E-state index in [1.807, 2.05) is 0 Å². The smallest absolute Gasteiger partial charge is 0.220 e. The fraction of sp³-hybridized carbons (Fsp3) is 0.833. The molecular weight excluding hydrogens is 582 g/mol. The summed E-state index contributed by atoms with van der Waals surface area (Å²) < 4.78 is 0. The summed E-state index contributed by atoms with van der Waals surface area (Å²) in [6.45, 7) is 4.11. The Labute approximate surface area is 292 Å². The first-order valence-electron chi connectivity index (χ1n) is 20.3. The largest absolute Gasteiger partial charge is 0.394 e. The van der Waals surface area contributed by atoms with Gasteiger partial charge in [0.1, 0.15) is 6.10 Å². The van der Waals surface area contributed by atoms with Crippen LogP contribution in [0.4, 0.5) is 0 Å². The fourth-order valence-electron chi connectivity index (χ4n) is 5.98. The molecule has 0 saturated heterocycles. The molecule has 0 spiro atoms. The number of carbonyl (C=O) groups excluding carboxylic acids is 1. The third-order valence-corrected chi connectivity index (χ3v) is 9.19. The number of aliphatic hydroxyl groups excluding tert-OH is 3. The van der Waals surface area contributed by atoms with Crippen LogP contribution in [0.5, 0.6) is 0 Å². The van der Waals surface area contributed by atoms with E-state index in [9.17, 15) is 20.1 Å². The maximum absolute atomic E-state index is 12.3. The molecule has 5 nitrogen and oxygen atoms in total. The van der Waals surface area contributed by atoms with Crippen LogP contribution in [-0.4, -0.2) is 46.1 Å². The van der Waals surface area contributed by atoms with Crippen LogP contribution in [0.25, 0.3) is 0 Å². The van der Waals surface area contributed by atoms with Gasteiger partial charge in [0.15, 0.2) is 0 Å². The summed E-state index contributed by atoms with van der Waals surface area (Å²) in [5.41, 5.74) is 0. The summed E-state index contributed by atoms with van der Waals surface area (Å²) in [6.07, 6.45) is 45.4. The first kappa shape index (κ1) is 45.6. The Balaban J connectivity index is 3.71. The topological polar surface area (TPSA) is 89.8 Å². The van der Waals surface area contributed by atoms with Crippen LogP contribution >= 0.6 is 0 Å². The molecule has 47 heavy (non-hydrogen) atoms. The SMILES string of the molecule is CCCC/C=C\CCCCCCCC(=O)NC(CO)C(O)C(O)CCC/C=C/CC/C=C/CCCCCCCCCCCCCCC. The molecule has 0 aromatic rings. The van der Waals surface area contributed by atoms with E-state index in [2.05, 4.69) is 55.6 Å². The number of hydrogen-bond donors (Lipinski definition) is 4. The van der Waals surface area contributed by atoms with Gasteiger partial charge in [-0.15, -0.1) is 0 Å². The molecule has 0 saturated carbocycles. The Kier molecular flexibility index (Phi) is 36.3. The van der Waals surface area contributed by atoms with Crippen molar-refractivity contribution in [1.82, 2.24) is 5.32 Å². The minimum Gasteiger partial charge on any atom is -0.394 e. The zero-order valence-corrected chi connectivity index (χ0v) is 31.2. The van der Waals surface area contributed by atoms with E-state index < -0.39 is 18.2 Å². The minimum atomic E-state index is -1.17. The first-order valence-corrected chi connectivity index (χ1v) is 20.3. The average molecular weight is 662 g/mol. The number of rotatable bonds is 36. The predicted molar refractivity (Wildman–Crippen MR) is 204 cm³/mol. The highest BCUT2D eigenvalue weighted by Crippen LogP contribution is 2.14. The standard InChI is InChI=1S/C42H79NO4/c1-3-5-7-9-11-13-15-16-17-18-19-20-21-22-23-24-25-27-28-30-32-34-36-40(45)42(47)39(38-44)43-41(46)37-35-33-31-29-26-14-12-10-8-6-4-2/h10,12,23-24,28,30,39-40,42,44-45,47H,3-9,11,13-22,25-27,29,31-38H2,1-2H3,(H,43,46)/b12-10-,24-23+,30-28+. The van der Waals surface area contributed by atoms with Crippen molar-refractivity contribution in [3.8, 4) is 0 Å². The van der Waals surface area contributed by atoms with E-state index in [4.69, 9.17) is 0 Å². The first-order chi connectivity index (χ1) is 23.1. The lowest BCUT2D eigenvalue weighted by Crippen LogP contribution is -2.50. The molecule has 3 atom stereocenters. The van der Waals surface area contributed by atoms with Crippen LogP contribution in [0.1, 0.15) is 200 Å². The van der Waals surface area contributed by atoms with Gasteiger partial charge >= 0.3 is 0 Å². The van der Waals surface area contributed by atoms with Gasteiger partial charge in [-0.2, -0.15) is 0 Å². The van der Waals surface area contributed by atoms with Crippen LogP contribution in [0, 0.1) is 0 Å². The maximum Gasteiger partial charge on any atom is 0.220 e. The molecule has 0 rings (SSSR count). The molecule has 3 unspecified atom stereocenters. The molecule has 0 aliphatic rings. The highest BCUT2D eigenvalue weighted by Gasteiger charge is 2.26. The molecule has 0 heterocycles. The molecule has 0 aromatic heterocycles. The van der Waals surface area contributed by atoms with Crippen LogP contribution in [0.3, 0.4) is 0 Å². The predicted octanol–water partition coefficient (Wildman–Crippen LogP) is 11.2. The number of allylic oxidation sites excluding steroid dienone is 6. The van der Waals surface area contributed by atoms with Crippen LogP contribution < -0.4 is 5.32 Å². The maximum atomic E-state index is 12.3. The highest BCUT2D eigenvalue weighted by atomic mass is 16.3. The zero-order chi connectivity index (χ0) is 34.5. The normalized spacial score (nSPS) is 14.1. The summed E-state index contributed by atoms with van der Waals surface area (Å²) in [7, 11) is 0. The molecule has 0 fully saturated rings. The van der Waals surface area contributed by atoms with Gasteiger partial charge in [-0.3, -0.25) is 4.79 Å².